The van der Waals surface area contributed by atoms with Crippen LogP contribution in [0.15, 0.2) is 31.0 Å². The number of nitrogen functional groups attached to an aromatic ring is 1. The van der Waals surface area contributed by atoms with Crippen molar-refractivity contribution in [2.45, 2.75) is 18.8 Å². The Kier molecular flexibility index (Phi) is 3.59. The number of benzene rings is 1. The maximum Gasteiger partial charge on any atom is 0.107 e. The average Bonchev–Trinajstić information content (AvgIpc) is 2.66. The molecule has 0 saturated heterocycles. The second kappa shape index (κ2) is 4.93. The number of rotatable bonds is 4. The van der Waals surface area contributed by atoms with Crippen molar-refractivity contribution in [2.24, 2.45) is 0 Å². The standard InChI is InChI=1S/C16H20F2N2/c1-5-10(2)12-6-13-15(7-14(12)19)20(4)11(3)16(13,8-17)9-18/h6-7H,2-3,5,8-9,19H2,1,4H3. The van der Waals surface area contributed by atoms with Gasteiger partial charge in [-0.3, -0.25) is 0 Å². The summed E-state index contributed by atoms with van der Waals surface area (Å²) < 4.78 is 27.2. The molecule has 0 spiro atoms. The summed E-state index contributed by atoms with van der Waals surface area (Å²) >= 11 is 0. The van der Waals surface area contributed by atoms with E-state index in [0.29, 0.717) is 16.9 Å². The van der Waals surface area contributed by atoms with Crippen LogP contribution in [0.5, 0.6) is 0 Å². The number of nitrogens with zero attached hydrogens (tertiary/aromatic N) is 1. The van der Waals surface area contributed by atoms with Crippen LogP contribution in [0, 0.1) is 0 Å². The Morgan fingerprint density at radius 2 is 1.95 bits per heavy atom. The predicted octanol–water partition coefficient (Wildman–Crippen LogP) is 3.83. The Hall–Kier alpha value is -1.84. The molecule has 0 unspecified atom stereocenters. The SMILES string of the molecule is C=C(CC)c1cc2c(cc1N)N(C)C(=C)C2(CF)CF. The van der Waals surface area contributed by atoms with E-state index >= 15 is 0 Å². The second-order valence-electron chi connectivity index (χ2n) is 5.27. The van der Waals surface area contributed by atoms with Gasteiger partial charge in [0.05, 0.1) is 5.41 Å². The van der Waals surface area contributed by atoms with E-state index in [1.54, 1.807) is 24.1 Å². The number of hydrogen-bond acceptors (Lipinski definition) is 2. The summed E-state index contributed by atoms with van der Waals surface area (Å²) in [5, 5.41) is 0. The fraction of sp³-hybridized carbons (Fsp3) is 0.375. The number of anilines is 2. The third kappa shape index (κ3) is 1.74. The van der Waals surface area contributed by atoms with Gasteiger partial charge in [-0.25, -0.2) is 8.78 Å². The molecule has 1 aliphatic rings. The molecule has 1 heterocycles. The Morgan fingerprint density at radius 1 is 1.35 bits per heavy atom. The maximum absolute atomic E-state index is 13.6. The Labute approximate surface area is 118 Å². The number of likely N-dealkylation sites (N-methyl/N-ethyl adjacent to an activating group) is 1. The first kappa shape index (κ1) is 14.6. The molecule has 0 atom stereocenters. The zero-order valence-corrected chi connectivity index (χ0v) is 12.0. The average molecular weight is 278 g/mol. The van der Waals surface area contributed by atoms with Gasteiger partial charge in [0.1, 0.15) is 13.3 Å². The highest BCUT2D eigenvalue weighted by molar-refractivity contribution is 5.82. The van der Waals surface area contributed by atoms with Gasteiger partial charge in [-0.15, -0.1) is 0 Å². The molecule has 0 bridgehead atoms. The van der Waals surface area contributed by atoms with Crippen molar-refractivity contribution in [2.75, 3.05) is 31.0 Å². The van der Waals surface area contributed by atoms with Crippen LogP contribution in [0.4, 0.5) is 20.2 Å². The van der Waals surface area contributed by atoms with Crippen LogP contribution in [-0.4, -0.2) is 20.4 Å². The van der Waals surface area contributed by atoms with Crippen LogP contribution in [0.3, 0.4) is 0 Å². The molecule has 0 saturated carbocycles. The molecule has 0 aliphatic carbocycles. The highest BCUT2D eigenvalue weighted by Crippen LogP contribution is 2.49. The van der Waals surface area contributed by atoms with Gasteiger partial charge in [0.15, 0.2) is 0 Å². The maximum atomic E-state index is 13.6. The first-order valence-corrected chi connectivity index (χ1v) is 6.60. The first-order chi connectivity index (χ1) is 9.42. The van der Waals surface area contributed by atoms with E-state index in [2.05, 4.69) is 13.2 Å². The van der Waals surface area contributed by atoms with Crippen molar-refractivity contribution in [3.63, 3.8) is 0 Å². The molecular formula is C16H20F2N2. The highest BCUT2D eigenvalue weighted by Gasteiger charge is 2.46. The Bertz CT molecular complexity index is 574. The molecule has 1 aromatic carbocycles. The van der Waals surface area contributed by atoms with E-state index in [0.717, 1.165) is 23.2 Å². The zero-order chi connectivity index (χ0) is 15.1. The summed E-state index contributed by atoms with van der Waals surface area (Å²) in [6.45, 7) is 8.15. The Balaban J connectivity index is 2.71. The monoisotopic (exact) mass is 278 g/mol. The highest BCUT2D eigenvalue weighted by atomic mass is 19.1. The molecule has 0 fully saturated rings. The molecule has 4 heteroatoms. The summed E-state index contributed by atoms with van der Waals surface area (Å²) in [6, 6.07) is 3.52. The van der Waals surface area contributed by atoms with E-state index < -0.39 is 18.8 Å². The molecular weight excluding hydrogens is 258 g/mol. The smallest absolute Gasteiger partial charge is 0.107 e. The predicted molar refractivity (Wildman–Crippen MR) is 81.4 cm³/mol. The van der Waals surface area contributed by atoms with Gasteiger partial charge in [-0.2, -0.15) is 0 Å². The van der Waals surface area contributed by atoms with Gasteiger partial charge >= 0.3 is 0 Å². The van der Waals surface area contributed by atoms with Crippen LogP contribution in [-0.2, 0) is 5.41 Å². The molecule has 2 rings (SSSR count). The number of halogens is 2. The lowest BCUT2D eigenvalue weighted by atomic mass is 9.81. The third-order valence-electron chi connectivity index (χ3n) is 4.27. The second-order valence-corrected chi connectivity index (χ2v) is 5.27. The lowest BCUT2D eigenvalue weighted by molar-refractivity contribution is 0.280. The van der Waals surface area contributed by atoms with Gasteiger partial charge in [0, 0.05) is 29.7 Å². The molecule has 0 amide bonds. The fourth-order valence-corrected chi connectivity index (χ4v) is 2.72. The van der Waals surface area contributed by atoms with E-state index in [4.69, 9.17) is 5.73 Å². The molecule has 0 radical (unpaired) electrons. The van der Waals surface area contributed by atoms with Crippen LogP contribution in [0.1, 0.15) is 24.5 Å². The van der Waals surface area contributed by atoms with Gasteiger partial charge in [-0.1, -0.05) is 20.1 Å². The van der Waals surface area contributed by atoms with Gasteiger partial charge in [0.25, 0.3) is 0 Å². The molecule has 108 valence electrons. The summed E-state index contributed by atoms with van der Waals surface area (Å²) in [6.07, 6.45) is 0.734. The zero-order valence-electron chi connectivity index (χ0n) is 12.0. The van der Waals surface area contributed by atoms with Crippen molar-refractivity contribution in [3.8, 4) is 0 Å². The summed E-state index contributed by atoms with van der Waals surface area (Å²) in [7, 11) is 1.75. The summed E-state index contributed by atoms with van der Waals surface area (Å²) in [5.41, 5.74) is 8.70. The quantitative estimate of drug-likeness (QED) is 0.848. The minimum atomic E-state index is -1.29. The number of alkyl halides is 2. The van der Waals surface area contributed by atoms with E-state index in [1.165, 1.54) is 0 Å². The van der Waals surface area contributed by atoms with Gasteiger partial charge in [-0.05, 0) is 29.7 Å². The molecule has 1 aromatic rings. The van der Waals surface area contributed by atoms with Crippen molar-refractivity contribution < 1.29 is 8.78 Å². The third-order valence-corrected chi connectivity index (χ3v) is 4.27. The first-order valence-electron chi connectivity index (χ1n) is 6.60. The van der Waals surface area contributed by atoms with E-state index in [9.17, 15) is 8.78 Å². The fourth-order valence-electron chi connectivity index (χ4n) is 2.72. The molecule has 20 heavy (non-hydrogen) atoms. The minimum absolute atomic E-state index is 0.427. The summed E-state index contributed by atoms with van der Waals surface area (Å²) in [4.78, 5) is 1.71. The number of hydrogen-bond donors (Lipinski definition) is 1. The van der Waals surface area contributed by atoms with Crippen LogP contribution < -0.4 is 10.6 Å². The van der Waals surface area contributed by atoms with Crippen molar-refractivity contribution >= 4 is 16.9 Å². The normalized spacial score (nSPS) is 16.4. The van der Waals surface area contributed by atoms with Crippen molar-refractivity contribution in [1.29, 1.82) is 0 Å². The number of nitrogens with two attached hydrogens (primary N) is 1. The molecule has 0 aromatic heterocycles. The van der Waals surface area contributed by atoms with Crippen LogP contribution in [0.25, 0.3) is 5.57 Å². The summed E-state index contributed by atoms with van der Waals surface area (Å²) in [5.74, 6) is 0. The lowest BCUT2D eigenvalue weighted by Crippen LogP contribution is -2.33. The lowest BCUT2D eigenvalue weighted by Gasteiger charge is -2.25. The molecule has 1 aliphatic heterocycles. The van der Waals surface area contributed by atoms with Crippen LogP contribution in [0.2, 0.25) is 0 Å². The van der Waals surface area contributed by atoms with E-state index in [-0.39, 0.29) is 0 Å². The minimum Gasteiger partial charge on any atom is -0.398 e. The van der Waals surface area contributed by atoms with E-state index in [1.807, 2.05) is 6.92 Å². The number of fused-ring (bicyclic) bond motifs is 1. The van der Waals surface area contributed by atoms with Crippen molar-refractivity contribution in [3.05, 3.63) is 42.1 Å². The van der Waals surface area contributed by atoms with Crippen molar-refractivity contribution in [1.82, 2.24) is 0 Å². The van der Waals surface area contributed by atoms with Gasteiger partial charge < -0.3 is 10.6 Å². The number of allylic oxidation sites excluding steroid dienone is 2. The molecule has 2 N–H and O–H groups in total. The van der Waals surface area contributed by atoms with Crippen LogP contribution >= 0.6 is 0 Å². The Morgan fingerprint density at radius 3 is 2.45 bits per heavy atom. The van der Waals surface area contributed by atoms with Gasteiger partial charge in [0.2, 0.25) is 0 Å². The molecule has 2 nitrogen and oxygen atoms in total. The topological polar surface area (TPSA) is 29.3 Å². The largest absolute Gasteiger partial charge is 0.398 e.